The van der Waals surface area contributed by atoms with Gasteiger partial charge in [-0.2, -0.15) is 0 Å². The molecule has 2 heterocycles. The molecule has 1 aromatic heterocycles. The van der Waals surface area contributed by atoms with E-state index in [-0.39, 0.29) is 17.9 Å². The molecule has 1 fully saturated rings. The first kappa shape index (κ1) is 28.8. The average molecular weight is 533 g/mol. The molecule has 2 aromatic carbocycles. The fourth-order valence-corrected chi connectivity index (χ4v) is 4.17. The van der Waals surface area contributed by atoms with Gasteiger partial charge in [-0.05, 0) is 73.3 Å². The summed E-state index contributed by atoms with van der Waals surface area (Å²) in [5.41, 5.74) is 2.25. The van der Waals surface area contributed by atoms with Gasteiger partial charge in [0, 0.05) is 24.4 Å². The van der Waals surface area contributed by atoms with Gasteiger partial charge in [0.25, 0.3) is 0 Å². The number of esters is 2. The van der Waals surface area contributed by atoms with Gasteiger partial charge in [0.05, 0.1) is 25.7 Å². The molecular formula is C28H28F4N2O4. The zero-order valence-corrected chi connectivity index (χ0v) is 21.0. The van der Waals surface area contributed by atoms with Crippen molar-refractivity contribution in [3.63, 3.8) is 0 Å². The number of methoxy groups -OCH3 is 2. The normalized spacial score (nSPS) is 16.7. The van der Waals surface area contributed by atoms with Gasteiger partial charge in [0.2, 0.25) is 0 Å². The Morgan fingerprint density at radius 3 is 2.18 bits per heavy atom. The zero-order chi connectivity index (χ0) is 27.7. The molecule has 10 heteroatoms. The highest BCUT2D eigenvalue weighted by Gasteiger charge is 2.27. The predicted octanol–water partition coefficient (Wildman–Crippen LogP) is 4.79. The van der Waals surface area contributed by atoms with E-state index in [0.29, 0.717) is 36.1 Å². The van der Waals surface area contributed by atoms with Gasteiger partial charge in [-0.15, -0.1) is 0 Å². The van der Waals surface area contributed by atoms with E-state index in [2.05, 4.69) is 15.0 Å². The Morgan fingerprint density at radius 2 is 1.55 bits per heavy atom. The van der Waals surface area contributed by atoms with Crippen LogP contribution in [-0.4, -0.2) is 43.7 Å². The molecule has 1 N–H and O–H groups in total. The first-order chi connectivity index (χ1) is 18.2. The number of piperidine rings is 1. The number of halogens is 4. The summed E-state index contributed by atoms with van der Waals surface area (Å²) in [6.45, 7) is 0.730. The largest absolute Gasteiger partial charge is 0.469 e. The second-order valence-electron chi connectivity index (χ2n) is 8.80. The Morgan fingerprint density at radius 1 is 0.895 bits per heavy atom. The molecule has 202 valence electrons. The lowest BCUT2D eigenvalue weighted by Crippen LogP contribution is -2.42. The number of rotatable bonds is 6. The van der Waals surface area contributed by atoms with Crippen molar-refractivity contribution < 1.29 is 36.6 Å². The molecule has 4 rings (SSSR count). The summed E-state index contributed by atoms with van der Waals surface area (Å²) in [6.07, 6.45) is 3.76. The van der Waals surface area contributed by atoms with E-state index in [1.807, 2.05) is 0 Å². The van der Waals surface area contributed by atoms with Crippen molar-refractivity contribution in [1.29, 1.82) is 0 Å². The zero-order valence-electron chi connectivity index (χ0n) is 21.0. The summed E-state index contributed by atoms with van der Waals surface area (Å²) in [6, 6.07) is 10.7. The molecule has 0 spiro atoms. The van der Waals surface area contributed by atoms with Crippen LogP contribution in [0.1, 0.15) is 40.0 Å². The lowest BCUT2D eigenvalue weighted by molar-refractivity contribution is -0.146. The maximum absolute atomic E-state index is 13.1. The fourth-order valence-electron chi connectivity index (χ4n) is 4.17. The minimum absolute atomic E-state index is 0.0858. The summed E-state index contributed by atoms with van der Waals surface area (Å²) in [5.74, 6) is -4.24. The van der Waals surface area contributed by atoms with Crippen LogP contribution in [0.15, 0.2) is 54.7 Å². The highest BCUT2D eigenvalue weighted by atomic mass is 19.2. The van der Waals surface area contributed by atoms with Crippen LogP contribution in [0.4, 0.5) is 17.6 Å². The number of ether oxygens (including phenoxy) is 2. The van der Waals surface area contributed by atoms with Crippen LogP contribution in [0, 0.1) is 29.2 Å². The molecule has 2 unspecified atom stereocenters. The highest BCUT2D eigenvalue weighted by Crippen LogP contribution is 2.21. The van der Waals surface area contributed by atoms with Crippen LogP contribution in [0.25, 0.3) is 0 Å². The first-order valence-corrected chi connectivity index (χ1v) is 11.9. The lowest BCUT2D eigenvalue weighted by Gasteiger charge is -2.28. The third-order valence-corrected chi connectivity index (χ3v) is 6.10. The second-order valence-corrected chi connectivity index (χ2v) is 8.80. The van der Waals surface area contributed by atoms with Crippen molar-refractivity contribution in [3.8, 4) is 0 Å². The number of hydrogen-bond acceptors (Lipinski definition) is 6. The van der Waals surface area contributed by atoms with Crippen molar-refractivity contribution in [2.75, 3.05) is 20.8 Å². The van der Waals surface area contributed by atoms with E-state index in [1.54, 1.807) is 12.1 Å². The van der Waals surface area contributed by atoms with Crippen LogP contribution >= 0.6 is 0 Å². The molecule has 38 heavy (non-hydrogen) atoms. The number of pyridine rings is 1. The molecular weight excluding hydrogens is 504 g/mol. The Hall–Kier alpha value is -3.79. The van der Waals surface area contributed by atoms with Crippen molar-refractivity contribution in [2.24, 2.45) is 5.92 Å². The van der Waals surface area contributed by atoms with Crippen LogP contribution in [-0.2, 0) is 27.1 Å². The number of hydrogen-bond donors (Lipinski definition) is 1. The van der Waals surface area contributed by atoms with E-state index in [0.717, 1.165) is 36.7 Å². The maximum Gasteiger partial charge on any atom is 0.337 e. The summed E-state index contributed by atoms with van der Waals surface area (Å²) >= 11 is 0. The average Bonchev–Trinajstić information content (AvgIpc) is 2.92. The standard InChI is InChI=1S/C14H17F2NO2.C14H11F2NO2/c2*1-19-14(18)10-4-5-17-11(8-10)6-9-2-3-12(15)13(16)7-9/h2-3,7,10-11,17H,4-6,8H2,1H3;2-5,7-8H,6H2,1H3. The molecule has 1 aliphatic rings. The molecule has 6 nitrogen and oxygen atoms in total. The van der Waals surface area contributed by atoms with Gasteiger partial charge >= 0.3 is 11.9 Å². The molecule has 0 saturated carbocycles. The second kappa shape index (κ2) is 13.7. The van der Waals surface area contributed by atoms with Crippen LogP contribution in [0.3, 0.4) is 0 Å². The maximum atomic E-state index is 13.1. The molecule has 0 aliphatic carbocycles. The topological polar surface area (TPSA) is 77.5 Å². The molecule has 2 atom stereocenters. The van der Waals surface area contributed by atoms with Gasteiger partial charge in [-0.25, -0.2) is 22.4 Å². The molecule has 0 radical (unpaired) electrons. The van der Waals surface area contributed by atoms with Gasteiger partial charge < -0.3 is 14.8 Å². The first-order valence-electron chi connectivity index (χ1n) is 11.9. The summed E-state index contributed by atoms with van der Waals surface area (Å²) in [4.78, 5) is 26.9. The van der Waals surface area contributed by atoms with Crippen molar-refractivity contribution in [3.05, 3.63) is 100 Å². The molecule has 3 aromatic rings. The molecule has 0 bridgehead atoms. The number of carbonyl (C=O) groups excluding carboxylic acids is 2. The van der Waals surface area contributed by atoms with Crippen LogP contribution in [0.5, 0.6) is 0 Å². The Kier molecular flexibility index (Phi) is 10.3. The molecule has 0 amide bonds. The van der Waals surface area contributed by atoms with Gasteiger partial charge in [0.1, 0.15) is 0 Å². The Labute approximate surface area is 218 Å². The molecule has 1 saturated heterocycles. The van der Waals surface area contributed by atoms with Crippen molar-refractivity contribution >= 4 is 11.9 Å². The minimum atomic E-state index is -0.901. The fraction of sp³-hybridized carbons (Fsp3) is 0.321. The van der Waals surface area contributed by atoms with Gasteiger partial charge in [-0.3, -0.25) is 9.78 Å². The number of nitrogens with one attached hydrogen (secondary N) is 1. The van der Waals surface area contributed by atoms with E-state index >= 15 is 0 Å². The summed E-state index contributed by atoms with van der Waals surface area (Å²) in [7, 11) is 2.67. The lowest BCUT2D eigenvalue weighted by atomic mass is 9.89. The number of benzene rings is 2. The van der Waals surface area contributed by atoms with E-state index in [9.17, 15) is 27.2 Å². The predicted molar refractivity (Wildman–Crippen MR) is 131 cm³/mol. The summed E-state index contributed by atoms with van der Waals surface area (Å²) < 4.78 is 61.2. The van der Waals surface area contributed by atoms with E-state index in [1.165, 1.54) is 38.6 Å². The summed E-state index contributed by atoms with van der Waals surface area (Å²) in [5, 5.41) is 3.29. The van der Waals surface area contributed by atoms with E-state index < -0.39 is 29.2 Å². The SMILES string of the molecule is COC(=O)C1CCNC(Cc2ccc(F)c(F)c2)C1.COC(=O)c1ccnc(Cc2ccc(F)c(F)c2)c1. The highest BCUT2D eigenvalue weighted by molar-refractivity contribution is 5.89. The quantitative estimate of drug-likeness (QED) is 0.364. The molecule has 1 aliphatic heterocycles. The van der Waals surface area contributed by atoms with Crippen molar-refractivity contribution in [2.45, 2.75) is 31.7 Å². The van der Waals surface area contributed by atoms with Gasteiger partial charge in [0.15, 0.2) is 23.3 Å². The monoisotopic (exact) mass is 532 g/mol. The Balaban J connectivity index is 0.000000211. The minimum Gasteiger partial charge on any atom is -0.469 e. The van der Waals surface area contributed by atoms with Gasteiger partial charge in [-0.1, -0.05) is 12.1 Å². The number of nitrogens with zero attached hydrogens (tertiary/aromatic N) is 1. The number of aromatic nitrogens is 1. The van der Waals surface area contributed by atoms with Crippen LogP contribution < -0.4 is 5.32 Å². The van der Waals surface area contributed by atoms with Crippen molar-refractivity contribution in [1.82, 2.24) is 10.3 Å². The van der Waals surface area contributed by atoms with Crippen LogP contribution in [0.2, 0.25) is 0 Å². The third-order valence-electron chi connectivity index (χ3n) is 6.10. The number of carbonyl (C=O) groups is 2. The smallest absolute Gasteiger partial charge is 0.337 e. The van der Waals surface area contributed by atoms with E-state index in [4.69, 9.17) is 4.74 Å². The third kappa shape index (κ3) is 8.11. The Bertz CT molecular complexity index is 1270.